The molecular weight excluding hydrogens is 250 g/mol. The Kier molecular flexibility index (Phi) is 4.42. The van der Waals surface area contributed by atoms with Gasteiger partial charge in [0.25, 0.3) is 0 Å². The maximum Gasteiger partial charge on any atom is 0.222 e. The van der Waals surface area contributed by atoms with E-state index >= 15 is 0 Å². The molecule has 0 bridgehead atoms. The van der Waals surface area contributed by atoms with Gasteiger partial charge in [0.05, 0.1) is 17.3 Å². The molecule has 1 aromatic rings. The first-order valence-electron chi connectivity index (χ1n) is 6.31. The summed E-state index contributed by atoms with van der Waals surface area (Å²) < 4.78 is 0. The zero-order valence-corrected chi connectivity index (χ0v) is 11.3. The Balaban J connectivity index is 2.14. The van der Waals surface area contributed by atoms with Crippen LogP contribution in [0.2, 0.25) is 5.02 Å². The van der Waals surface area contributed by atoms with Crippen molar-refractivity contribution in [3.63, 3.8) is 0 Å². The van der Waals surface area contributed by atoms with E-state index in [1.807, 2.05) is 24.1 Å². The van der Waals surface area contributed by atoms with Crippen LogP contribution in [0.15, 0.2) is 12.1 Å². The number of rotatable bonds is 3. The number of halogens is 1. The van der Waals surface area contributed by atoms with Crippen molar-refractivity contribution in [3.05, 3.63) is 22.8 Å². The van der Waals surface area contributed by atoms with Crippen LogP contribution < -0.4 is 5.32 Å². The molecule has 1 aliphatic heterocycles. The quantitative estimate of drug-likeness (QED) is 0.916. The molecule has 1 aliphatic rings. The molecule has 4 nitrogen and oxygen atoms in total. The Morgan fingerprint density at radius 3 is 3.00 bits per heavy atom. The molecule has 0 spiro atoms. The fourth-order valence-corrected chi connectivity index (χ4v) is 2.29. The molecule has 1 fully saturated rings. The minimum absolute atomic E-state index is 0.209. The summed E-state index contributed by atoms with van der Waals surface area (Å²) in [4.78, 5) is 18.2. The first-order chi connectivity index (χ1) is 8.70. The maximum atomic E-state index is 11.9. The van der Waals surface area contributed by atoms with E-state index in [2.05, 4.69) is 10.3 Å². The molecule has 1 aromatic heterocycles. The van der Waals surface area contributed by atoms with Crippen LogP contribution in [0.1, 0.15) is 31.4 Å². The molecule has 0 unspecified atom stereocenters. The van der Waals surface area contributed by atoms with E-state index in [1.54, 1.807) is 0 Å². The van der Waals surface area contributed by atoms with E-state index in [0.29, 0.717) is 18.0 Å². The normalized spacial score (nSPS) is 16.6. The van der Waals surface area contributed by atoms with E-state index in [9.17, 15) is 4.79 Å². The van der Waals surface area contributed by atoms with E-state index in [4.69, 9.17) is 11.6 Å². The lowest BCUT2D eigenvalue weighted by molar-refractivity contribution is -0.131. The van der Waals surface area contributed by atoms with Crippen molar-refractivity contribution in [3.8, 4) is 0 Å². The molecule has 0 saturated carbocycles. The highest BCUT2D eigenvalue weighted by Crippen LogP contribution is 2.20. The molecule has 98 valence electrons. The first kappa shape index (κ1) is 13.1. The van der Waals surface area contributed by atoms with Gasteiger partial charge in [-0.25, -0.2) is 4.98 Å². The number of aromatic nitrogens is 1. The number of nitrogens with one attached hydrogen (secondary N) is 1. The van der Waals surface area contributed by atoms with Crippen LogP contribution in [0, 0.1) is 0 Å². The summed E-state index contributed by atoms with van der Waals surface area (Å²) >= 11 is 6.13. The number of amides is 1. The maximum absolute atomic E-state index is 11.9. The van der Waals surface area contributed by atoms with E-state index in [1.165, 1.54) is 0 Å². The van der Waals surface area contributed by atoms with Crippen LogP contribution in [-0.2, 0) is 11.3 Å². The number of hydrogen-bond donors (Lipinski definition) is 1. The van der Waals surface area contributed by atoms with Gasteiger partial charge in [0.15, 0.2) is 0 Å². The zero-order valence-electron chi connectivity index (χ0n) is 10.6. The number of nitrogens with zero attached hydrogens (tertiary/aromatic N) is 2. The standard InChI is InChI=1S/C13H18ClN3O/c1-15-12-7-6-10(14)11(16-12)9-17-8-4-2-3-5-13(17)18/h6-7H,2-5,8-9H2,1H3,(H,15,16). The average molecular weight is 268 g/mol. The lowest BCUT2D eigenvalue weighted by Crippen LogP contribution is -2.30. The second kappa shape index (κ2) is 6.05. The summed E-state index contributed by atoms with van der Waals surface area (Å²) in [6.45, 7) is 1.31. The van der Waals surface area contributed by atoms with Crippen molar-refractivity contribution in [2.24, 2.45) is 0 Å². The van der Waals surface area contributed by atoms with Crippen LogP contribution in [-0.4, -0.2) is 29.4 Å². The number of carbonyl (C=O) groups excluding carboxylic acids is 1. The lowest BCUT2D eigenvalue weighted by Gasteiger charge is -2.20. The lowest BCUT2D eigenvalue weighted by atomic mass is 10.2. The Bertz CT molecular complexity index is 436. The molecule has 1 N–H and O–H groups in total. The van der Waals surface area contributed by atoms with Gasteiger partial charge in [-0.2, -0.15) is 0 Å². The molecule has 1 amide bonds. The van der Waals surface area contributed by atoms with Crippen molar-refractivity contribution in [1.82, 2.24) is 9.88 Å². The third kappa shape index (κ3) is 3.13. The molecule has 0 atom stereocenters. The summed E-state index contributed by atoms with van der Waals surface area (Å²) in [6.07, 6.45) is 3.82. The van der Waals surface area contributed by atoms with Crippen molar-refractivity contribution in [2.45, 2.75) is 32.2 Å². The minimum Gasteiger partial charge on any atom is -0.373 e. The van der Waals surface area contributed by atoms with E-state index < -0.39 is 0 Å². The zero-order chi connectivity index (χ0) is 13.0. The van der Waals surface area contributed by atoms with Gasteiger partial charge in [-0.1, -0.05) is 18.0 Å². The predicted molar refractivity (Wildman–Crippen MR) is 72.7 cm³/mol. The summed E-state index contributed by atoms with van der Waals surface area (Å²) in [5, 5.41) is 3.60. The fraction of sp³-hybridized carbons (Fsp3) is 0.538. The van der Waals surface area contributed by atoms with Gasteiger partial charge < -0.3 is 10.2 Å². The highest BCUT2D eigenvalue weighted by atomic mass is 35.5. The molecule has 0 aromatic carbocycles. The van der Waals surface area contributed by atoms with Gasteiger partial charge in [0.2, 0.25) is 5.91 Å². The van der Waals surface area contributed by atoms with Gasteiger partial charge >= 0.3 is 0 Å². The summed E-state index contributed by atoms with van der Waals surface area (Å²) in [5.74, 6) is 0.983. The van der Waals surface area contributed by atoms with Gasteiger partial charge in [-0.3, -0.25) is 4.79 Å². The number of likely N-dealkylation sites (tertiary alicyclic amines) is 1. The van der Waals surface area contributed by atoms with Crippen molar-refractivity contribution >= 4 is 23.3 Å². The van der Waals surface area contributed by atoms with Crippen LogP contribution in [0.3, 0.4) is 0 Å². The van der Waals surface area contributed by atoms with Crippen LogP contribution in [0.5, 0.6) is 0 Å². The smallest absolute Gasteiger partial charge is 0.222 e. The van der Waals surface area contributed by atoms with Gasteiger partial charge in [-0.15, -0.1) is 0 Å². The summed E-state index contributed by atoms with van der Waals surface area (Å²) in [5.41, 5.74) is 0.763. The molecular formula is C13H18ClN3O. The number of hydrogen-bond acceptors (Lipinski definition) is 3. The van der Waals surface area contributed by atoms with Gasteiger partial charge in [0, 0.05) is 20.0 Å². The summed E-state index contributed by atoms with van der Waals surface area (Å²) in [6, 6.07) is 3.65. The van der Waals surface area contributed by atoms with E-state index in [0.717, 1.165) is 37.3 Å². The third-order valence-electron chi connectivity index (χ3n) is 3.19. The molecule has 18 heavy (non-hydrogen) atoms. The Labute approximate surface area is 112 Å². The van der Waals surface area contributed by atoms with Crippen molar-refractivity contribution < 1.29 is 4.79 Å². The number of anilines is 1. The first-order valence-corrected chi connectivity index (χ1v) is 6.69. The van der Waals surface area contributed by atoms with Crippen molar-refractivity contribution in [2.75, 3.05) is 18.9 Å². The highest BCUT2D eigenvalue weighted by molar-refractivity contribution is 6.31. The number of carbonyl (C=O) groups is 1. The number of pyridine rings is 1. The van der Waals surface area contributed by atoms with Crippen molar-refractivity contribution in [1.29, 1.82) is 0 Å². The van der Waals surface area contributed by atoms with Gasteiger partial charge in [-0.05, 0) is 25.0 Å². The second-order valence-electron chi connectivity index (χ2n) is 4.50. The highest BCUT2D eigenvalue weighted by Gasteiger charge is 2.18. The van der Waals surface area contributed by atoms with E-state index in [-0.39, 0.29) is 5.91 Å². The van der Waals surface area contributed by atoms with Gasteiger partial charge in [0.1, 0.15) is 5.82 Å². The molecule has 2 heterocycles. The minimum atomic E-state index is 0.209. The molecule has 1 saturated heterocycles. The Hall–Kier alpha value is -1.29. The van der Waals surface area contributed by atoms with Crippen LogP contribution in [0.25, 0.3) is 0 Å². The molecule has 0 radical (unpaired) electrons. The molecule has 2 rings (SSSR count). The Morgan fingerprint density at radius 2 is 2.22 bits per heavy atom. The second-order valence-corrected chi connectivity index (χ2v) is 4.91. The monoisotopic (exact) mass is 267 g/mol. The SMILES string of the molecule is CNc1ccc(Cl)c(CN2CCCCCC2=O)n1. The van der Waals surface area contributed by atoms with Crippen LogP contribution >= 0.6 is 11.6 Å². The molecule has 0 aliphatic carbocycles. The largest absolute Gasteiger partial charge is 0.373 e. The van der Waals surface area contributed by atoms with Crippen LogP contribution in [0.4, 0.5) is 5.82 Å². The predicted octanol–water partition coefficient (Wildman–Crippen LogP) is 2.68. The fourth-order valence-electron chi connectivity index (χ4n) is 2.12. The third-order valence-corrected chi connectivity index (χ3v) is 3.53. The average Bonchev–Trinajstić information content (AvgIpc) is 2.58. The summed E-state index contributed by atoms with van der Waals surface area (Å²) in [7, 11) is 1.82. The Morgan fingerprint density at radius 1 is 1.39 bits per heavy atom. The topological polar surface area (TPSA) is 45.2 Å². The molecule has 5 heteroatoms.